The van der Waals surface area contributed by atoms with E-state index in [1.165, 1.54) is 19.3 Å². The number of carbonyl (C=O) groups is 5. The predicted octanol–water partition coefficient (Wildman–Crippen LogP) is 7.68. The molecule has 2 aliphatic carbocycles. The SMILES string of the molecule is CC(C)n1cnc2cc(-c3ccc4c(c3)N([C@H]3C[C@@H](N5CCCCC5)C3)C(=O)C43CCN(C(=O)C4CC5CCC(C4)N5C(=O)C4CCN(c5ccc(C6CCC(=O)NC6=O)cc5)CC4)CC3)nc(NC3CC3)c21. The van der Waals surface area contributed by atoms with Crippen LogP contribution in [-0.2, 0) is 29.4 Å². The molecule has 6 saturated heterocycles. The number of fused-ring (bicyclic) bond motifs is 5. The molecule has 4 aromatic rings. The van der Waals surface area contributed by atoms with Crippen LogP contribution in [0.25, 0.3) is 22.3 Å². The molecule has 13 rings (SSSR count). The van der Waals surface area contributed by atoms with Crippen molar-refractivity contribution in [1.82, 2.24) is 34.6 Å². The van der Waals surface area contributed by atoms with E-state index in [1.54, 1.807) is 0 Å². The number of imide groups is 1. The largest absolute Gasteiger partial charge is 0.371 e. The lowest BCUT2D eigenvalue weighted by atomic mass is 9.73. The molecule has 15 nitrogen and oxygen atoms in total. The van der Waals surface area contributed by atoms with E-state index < -0.39 is 5.41 Å². The average molecular weight is 989 g/mol. The van der Waals surface area contributed by atoms with Crippen LogP contribution in [0.5, 0.6) is 0 Å². The standard InChI is InChI=1S/C58H72N10O5/c1-35(2)66-34-59-49-33-48(61-53(52(49)66)60-40-9-10-40)38-8-16-47-50(30-38)68(45-31-44(32-45)63-22-4-3-5-23-63)57(73)58(47)20-26-65(27-21-58)55(71)39-28-42-13-14-43(29-39)67(42)56(72)37-18-24-64(25-19-37)41-11-6-36(7-12-41)46-15-17-51(69)62-54(46)70/h6-8,11-12,16,30,33-35,37,39-40,42-46H,3-5,9-10,13-15,17-29,31-32H2,1-2H3,(H,60,61)(H,62,69,70)/t39?,42?,43?,44-,45+,46?. The molecule has 7 aliphatic heterocycles. The van der Waals surface area contributed by atoms with Gasteiger partial charge in [0.05, 0.1) is 28.9 Å². The Hall–Kier alpha value is -5.83. The highest BCUT2D eigenvalue weighted by atomic mass is 16.2. The lowest BCUT2D eigenvalue weighted by Crippen LogP contribution is -2.59. The van der Waals surface area contributed by atoms with Gasteiger partial charge in [-0.1, -0.05) is 30.7 Å². The molecule has 9 heterocycles. The van der Waals surface area contributed by atoms with Crippen molar-refractivity contribution in [2.75, 3.05) is 54.4 Å². The second-order valence-electron chi connectivity index (χ2n) is 23.7. The van der Waals surface area contributed by atoms with Crippen molar-refractivity contribution in [3.63, 3.8) is 0 Å². The topological polar surface area (TPSA) is 156 Å². The number of carbonyl (C=O) groups excluding carboxylic acids is 5. The maximum absolute atomic E-state index is 15.3. The van der Waals surface area contributed by atoms with E-state index in [9.17, 15) is 19.2 Å². The predicted molar refractivity (Wildman–Crippen MR) is 280 cm³/mol. The third-order valence-corrected chi connectivity index (χ3v) is 19.1. The van der Waals surface area contributed by atoms with Crippen LogP contribution in [0, 0.1) is 11.8 Å². The van der Waals surface area contributed by atoms with Crippen molar-refractivity contribution < 1.29 is 24.0 Å². The molecular formula is C58H72N10O5. The minimum absolute atomic E-state index is 0.0259. The second kappa shape index (κ2) is 18.5. The van der Waals surface area contributed by atoms with Gasteiger partial charge in [0, 0.05) is 97.6 Å². The number of amides is 5. The number of hydrogen-bond donors (Lipinski definition) is 2. The fourth-order valence-corrected chi connectivity index (χ4v) is 14.7. The fraction of sp³-hybridized carbons (Fsp3) is 0.603. The number of rotatable bonds is 10. The highest BCUT2D eigenvalue weighted by Crippen LogP contribution is 2.53. The van der Waals surface area contributed by atoms with Gasteiger partial charge in [-0.3, -0.25) is 29.3 Å². The van der Waals surface area contributed by atoms with Gasteiger partial charge >= 0.3 is 0 Å². The summed E-state index contributed by atoms with van der Waals surface area (Å²) in [5, 5.41) is 6.18. The second-order valence-corrected chi connectivity index (χ2v) is 23.7. The summed E-state index contributed by atoms with van der Waals surface area (Å²) in [4.78, 5) is 89.9. The van der Waals surface area contributed by atoms with Crippen molar-refractivity contribution in [2.24, 2.45) is 11.8 Å². The van der Waals surface area contributed by atoms with Crippen LogP contribution in [0.2, 0.25) is 0 Å². The number of piperidine rings is 5. The highest BCUT2D eigenvalue weighted by molar-refractivity contribution is 6.09. The third kappa shape index (κ3) is 8.30. The maximum Gasteiger partial charge on any atom is 0.238 e. The number of imidazole rings is 1. The van der Waals surface area contributed by atoms with Crippen LogP contribution < -0.4 is 20.4 Å². The molecule has 9 aliphatic rings. The van der Waals surface area contributed by atoms with E-state index in [2.05, 4.69) is 89.9 Å². The van der Waals surface area contributed by atoms with Crippen LogP contribution in [0.3, 0.4) is 0 Å². The van der Waals surface area contributed by atoms with E-state index in [1.807, 2.05) is 18.5 Å². The molecular weight excluding hydrogens is 917 g/mol. The van der Waals surface area contributed by atoms with E-state index >= 15 is 4.79 Å². The number of likely N-dealkylation sites (tertiary alicyclic amines) is 2. The Morgan fingerprint density at radius 1 is 0.740 bits per heavy atom. The van der Waals surface area contributed by atoms with Crippen molar-refractivity contribution in [3.8, 4) is 11.3 Å². The zero-order valence-electron chi connectivity index (χ0n) is 42.8. The lowest BCUT2D eigenvalue weighted by molar-refractivity contribution is -0.148. The van der Waals surface area contributed by atoms with Crippen molar-refractivity contribution >= 4 is 57.8 Å². The van der Waals surface area contributed by atoms with Gasteiger partial charge in [-0.15, -0.1) is 0 Å². The molecule has 2 N–H and O–H groups in total. The van der Waals surface area contributed by atoms with Gasteiger partial charge in [-0.2, -0.15) is 0 Å². The van der Waals surface area contributed by atoms with E-state index in [0.29, 0.717) is 63.7 Å². The maximum atomic E-state index is 15.3. The molecule has 73 heavy (non-hydrogen) atoms. The lowest BCUT2D eigenvalue weighted by Gasteiger charge is -2.48. The summed E-state index contributed by atoms with van der Waals surface area (Å²) in [5.41, 5.74) is 7.29. The van der Waals surface area contributed by atoms with Crippen LogP contribution >= 0.6 is 0 Å². The first-order valence-corrected chi connectivity index (χ1v) is 28.2. The van der Waals surface area contributed by atoms with E-state index in [4.69, 9.17) is 9.97 Å². The normalized spacial score (nSPS) is 28.5. The molecule has 15 heteroatoms. The van der Waals surface area contributed by atoms with Crippen molar-refractivity contribution in [1.29, 1.82) is 0 Å². The number of hydrogen-bond acceptors (Lipinski definition) is 10. The summed E-state index contributed by atoms with van der Waals surface area (Å²) in [6.07, 6.45) is 17.1. The van der Waals surface area contributed by atoms with Gasteiger partial charge in [-0.05, 0) is 159 Å². The van der Waals surface area contributed by atoms with Crippen molar-refractivity contribution in [2.45, 2.75) is 171 Å². The highest BCUT2D eigenvalue weighted by Gasteiger charge is 2.57. The van der Waals surface area contributed by atoms with E-state index in [-0.39, 0.29) is 71.5 Å². The van der Waals surface area contributed by atoms with Gasteiger partial charge in [-0.25, -0.2) is 9.97 Å². The van der Waals surface area contributed by atoms with Gasteiger partial charge in [0.15, 0.2) is 5.82 Å². The van der Waals surface area contributed by atoms with Crippen LogP contribution in [0.4, 0.5) is 17.2 Å². The first kappa shape index (κ1) is 46.9. The summed E-state index contributed by atoms with van der Waals surface area (Å²) in [5.74, 6) is 0.693. The molecule has 3 atom stereocenters. The number of anilines is 3. The Bertz CT molecular complexity index is 2820. The molecule has 2 aromatic heterocycles. The van der Waals surface area contributed by atoms with Gasteiger partial charge in [0.25, 0.3) is 0 Å². The Morgan fingerprint density at radius 2 is 1.47 bits per heavy atom. The zero-order chi connectivity index (χ0) is 49.7. The van der Waals surface area contributed by atoms with Crippen LogP contribution in [0.15, 0.2) is 54.9 Å². The Kier molecular flexibility index (Phi) is 11.9. The molecule has 3 unspecified atom stereocenters. The summed E-state index contributed by atoms with van der Waals surface area (Å²) >= 11 is 0. The quantitative estimate of drug-likeness (QED) is 0.151. The van der Waals surface area contributed by atoms with Gasteiger partial charge in [0.2, 0.25) is 29.5 Å². The zero-order valence-corrected chi connectivity index (χ0v) is 42.8. The summed E-state index contributed by atoms with van der Waals surface area (Å²) in [7, 11) is 0. The van der Waals surface area contributed by atoms with Crippen molar-refractivity contribution in [3.05, 3.63) is 66.0 Å². The molecule has 2 saturated carbocycles. The first-order chi connectivity index (χ1) is 35.5. The first-order valence-electron chi connectivity index (χ1n) is 28.2. The number of nitrogens with zero attached hydrogens (tertiary/aromatic N) is 8. The molecule has 2 aromatic carbocycles. The van der Waals surface area contributed by atoms with Gasteiger partial charge < -0.3 is 34.4 Å². The Balaban J connectivity index is 0.678. The minimum Gasteiger partial charge on any atom is -0.371 e. The molecule has 1 spiro atoms. The molecule has 5 amide bonds. The Labute approximate surface area is 428 Å². The van der Waals surface area contributed by atoms with Crippen LogP contribution in [0.1, 0.15) is 146 Å². The number of aromatic nitrogens is 3. The Morgan fingerprint density at radius 3 is 2.15 bits per heavy atom. The van der Waals surface area contributed by atoms with Crippen LogP contribution in [-0.4, -0.2) is 128 Å². The third-order valence-electron chi connectivity index (χ3n) is 19.1. The van der Waals surface area contributed by atoms with Gasteiger partial charge in [0.1, 0.15) is 5.52 Å². The minimum atomic E-state index is -0.670. The summed E-state index contributed by atoms with van der Waals surface area (Å²) < 4.78 is 2.20. The van der Waals surface area contributed by atoms with E-state index in [0.717, 1.165) is 128 Å². The molecule has 8 fully saturated rings. The summed E-state index contributed by atoms with van der Waals surface area (Å²) in [6, 6.07) is 18.4. The number of nitrogens with one attached hydrogen (secondary N) is 2. The molecule has 0 radical (unpaired) electrons. The number of pyridine rings is 1. The monoisotopic (exact) mass is 989 g/mol. The summed E-state index contributed by atoms with van der Waals surface area (Å²) in [6.45, 7) is 9.36. The fourth-order valence-electron chi connectivity index (χ4n) is 14.7. The smallest absolute Gasteiger partial charge is 0.238 e. The molecule has 384 valence electrons. The molecule has 2 bridgehead atoms. The number of benzene rings is 2. The average Bonchev–Trinajstić information content (AvgIpc) is 3.98.